The summed E-state index contributed by atoms with van der Waals surface area (Å²) in [5.41, 5.74) is 4.76. The molecule has 4 rings (SSSR count). The normalized spacial score (nSPS) is 14.4. The van der Waals surface area contributed by atoms with Gasteiger partial charge >= 0.3 is 11.9 Å². The van der Waals surface area contributed by atoms with Crippen LogP contribution in [0.5, 0.6) is 0 Å². The lowest BCUT2D eigenvalue weighted by Crippen LogP contribution is -2.24. The van der Waals surface area contributed by atoms with Crippen LogP contribution in [0.3, 0.4) is 0 Å². The van der Waals surface area contributed by atoms with Crippen molar-refractivity contribution < 1.29 is 23.9 Å². The fraction of sp³-hybridized carbons (Fsp3) is 0.207. The van der Waals surface area contributed by atoms with E-state index in [0.717, 1.165) is 17.0 Å². The van der Waals surface area contributed by atoms with Gasteiger partial charge in [0.25, 0.3) is 5.91 Å². The topological polar surface area (TPSA) is 77.8 Å². The average molecular weight is 553 g/mol. The molecule has 0 unspecified atom stereocenters. The number of aryl methyl sites for hydroxylation is 1. The minimum absolute atomic E-state index is 0.164. The number of anilines is 1. The Morgan fingerprint density at radius 2 is 1.66 bits per heavy atom. The van der Waals surface area contributed by atoms with Gasteiger partial charge in [-0.3, -0.25) is 9.69 Å². The predicted molar refractivity (Wildman–Crippen MR) is 148 cm³/mol. The van der Waals surface area contributed by atoms with Crippen molar-refractivity contribution in [1.82, 2.24) is 4.57 Å². The van der Waals surface area contributed by atoms with E-state index >= 15 is 0 Å². The third-order valence-corrected chi connectivity index (χ3v) is 6.90. The minimum Gasteiger partial charge on any atom is -0.465 e. The molecule has 38 heavy (non-hydrogen) atoms. The van der Waals surface area contributed by atoms with Gasteiger partial charge in [-0.05, 0) is 87.9 Å². The number of benzene rings is 2. The van der Waals surface area contributed by atoms with Crippen LogP contribution in [-0.2, 0) is 19.1 Å². The number of hydrogen-bond acceptors (Lipinski definition) is 5. The Labute approximate surface area is 230 Å². The lowest BCUT2D eigenvalue weighted by Gasteiger charge is -2.18. The van der Waals surface area contributed by atoms with Gasteiger partial charge in [0.05, 0.1) is 41.1 Å². The van der Waals surface area contributed by atoms with Gasteiger partial charge in [0.1, 0.15) is 0 Å². The van der Waals surface area contributed by atoms with Gasteiger partial charge in [-0.1, -0.05) is 23.2 Å². The smallest absolute Gasteiger partial charge is 0.340 e. The molecule has 196 valence electrons. The summed E-state index contributed by atoms with van der Waals surface area (Å²) in [5, 5.41) is 1.06. The fourth-order valence-electron chi connectivity index (χ4n) is 4.57. The molecule has 0 fully saturated rings. The average Bonchev–Trinajstić information content (AvgIpc) is 3.31. The predicted octanol–water partition coefficient (Wildman–Crippen LogP) is 6.45. The molecular weight excluding hydrogens is 527 g/mol. The van der Waals surface area contributed by atoms with E-state index in [9.17, 15) is 14.4 Å². The van der Waals surface area contributed by atoms with Crippen molar-refractivity contribution >= 4 is 52.8 Å². The van der Waals surface area contributed by atoms with E-state index in [1.807, 2.05) is 24.5 Å². The Bertz CT molecular complexity index is 1520. The first-order valence-electron chi connectivity index (χ1n) is 11.9. The molecule has 9 heteroatoms. The van der Waals surface area contributed by atoms with Crippen molar-refractivity contribution in [1.29, 1.82) is 0 Å². The van der Waals surface area contributed by atoms with E-state index in [4.69, 9.17) is 32.7 Å². The molecule has 7 nitrogen and oxygen atoms in total. The number of hydrogen-bond donors (Lipinski definition) is 0. The van der Waals surface area contributed by atoms with Gasteiger partial charge in [0, 0.05) is 27.8 Å². The van der Waals surface area contributed by atoms with Gasteiger partial charge in [0.2, 0.25) is 0 Å². The molecule has 2 heterocycles. The summed E-state index contributed by atoms with van der Waals surface area (Å²) in [5.74, 6) is -1.47. The molecule has 0 radical (unpaired) electrons. The molecule has 1 aromatic heterocycles. The first-order valence-corrected chi connectivity index (χ1v) is 12.6. The second-order valence-corrected chi connectivity index (χ2v) is 9.52. The number of ether oxygens (including phenoxy) is 2. The van der Waals surface area contributed by atoms with Crippen molar-refractivity contribution in [2.45, 2.75) is 27.7 Å². The molecule has 3 aromatic rings. The molecule has 0 saturated heterocycles. The summed E-state index contributed by atoms with van der Waals surface area (Å²) in [4.78, 5) is 40.0. The molecule has 1 aliphatic rings. The molecule has 0 spiro atoms. The highest BCUT2D eigenvalue weighted by molar-refractivity contribution is 6.34. The molecule has 0 N–H and O–H groups in total. The standard InChI is InChI=1S/C29H26Cl2N2O5/c1-6-38-28(35)19-7-10-22(11-8-19)33-18(4)26(29(36)37-5)23(27(33)34)14-20-13-16(2)32(17(20)3)25-15-21(30)9-12-24(25)31/h7-15H,6H2,1-5H3/b23-14-. The zero-order valence-electron chi connectivity index (χ0n) is 21.6. The number of halogens is 2. The number of nitrogens with zero attached hydrogens (tertiary/aromatic N) is 2. The summed E-state index contributed by atoms with van der Waals surface area (Å²) in [6, 6.07) is 13.6. The van der Waals surface area contributed by atoms with E-state index in [-0.39, 0.29) is 17.8 Å². The highest BCUT2D eigenvalue weighted by atomic mass is 35.5. The Morgan fingerprint density at radius 1 is 0.974 bits per heavy atom. The third-order valence-electron chi connectivity index (χ3n) is 6.35. The quantitative estimate of drug-likeness (QED) is 0.259. The number of esters is 2. The maximum Gasteiger partial charge on any atom is 0.340 e. The van der Waals surface area contributed by atoms with Crippen LogP contribution in [0.25, 0.3) is 11.8 Å². The van der Waals surface area contributed by atoms with Crippen LogP contribution in [0.4, 0.5) is 5.69 Å². The molecule has 1 aliphatic heterocycles. The molecule has 0 aliphatic carbocycles. The van der Waals surface area contributed by atoms with Crippen molar-refractivity contribution in [3.05, 3.63) is 97.9 Å². The maximum atomic E-state index is 13.7. The lowest BCUT2D eigenvalue weighted by molar-refractivity contribution is -0.136. The number of rotatable bonds is 6. The second kappa shape index (κ2) is 10.9. The Kier molecular flexibility index (Phi) is 7.81. The third kappa shape index (κ3) is 4.87. The van der Waals surface area contributed by atoms with Crippen LogP contribution < -0.4 is 4.90 Å². The summed E-state index contributed by atoms with van der Waals surface area (Å²) in [6.45, 7) is 7.48. The SMILES string of the molecule is CCOC(=O)c1ccc(N2C(=O)/C(=C\c3cc(C)n(-c4cc(Cl)ccc4Cl)c3C)C(C(=O)OC)=C2C)cc1. The van der Waals surface area contributed by atoms with Crippen LogP contribution in [-0.4, -0.2) is 36.1 Å². The largest absolute Gasteiger partial charge is 0.465 e. The van der Waals surface area contributed by atoms with Gasteiger partial charge in [-0.15, -0.1) is 0 Å². The molecule has 0 atom stereocenters. The van der Waals surface area contributed by atoms with E-state index in [2.05, 4.69) is 0 Å². The minimum atomic E-state index is -0.626. The molecular formula is C29H26Cl2N2O5. The monoisotopic (exact) mass is 552 g/mol. The van der Waals surface area contributed by atoms with Crippen molar-refractivity contribution in [2.75, 3.05) is 18.6 Å². The summed E-state index contributed by atoms with van der Waals surface area (Å²) in [7, 11) is 1.27. The zero-order chi connectivity index (χ0) is 27.7. The van der Waals surface area contributed by atoms with Gasteiger partial charge < -0.3 is 14.0 Å². The summed E-state index contributed by atoms with van der Waals surface area (Å²) >= 11 is 12.7. The van der Waals surface area contributed by atoms with E-state index in [0.29, 0.717) is 32.7 Å². The van der Waals surface area contributed by atoms with Crippen LogP contribution in [0.2, 0.25) is 10.0 Å². The van der Waals surface area contributed by atoms with Crippen molar-refractivity contribution in [3.8, 4) is 5.69 Å². The number of carbonyl (C=O) groups is 3. The van der Waals surface area contributed by atoms with Crippen LogP contribution in [0.15, 0.2) is 65.4 Å². The molecule has 2 aromatic carbocycles. The van der Waals surface area contributed by atoms with Gasteiger partial charge in [0.15, 0.2) is 0 Å². The van der Waals surface area contributed by atoms with Crippen LogP contribution in [0, 0.1) is 13.8 Å². The van der Waals surface area contributed by atoms with Crippen molar-refractivity contribution in [3.63, 3.8) is 0 Å². The first-order chi connectivity index (χ1) is 18.1. The highest BCUT2D eigenvalue weighted by Gasteiger charge is 2.38. The molecule has 0 bridgehead atoms. The Hall–Kier alpha value is -3.81. The zero-order valence-corrected chi connectivity index (χ0v) is 23.1. The van der Waals surface area contributed by atoms with Crippen molar-refractivity contribution in [2.24, 2.45) is 0 Å². The first kappa shape index (κ1) is 27.2. The fourth-order valence-corrected chi connectivity index (χ4v) is 4.94. The number of aromatic nitrogens is 1. The summed E-state index contributed by atoms with van der Waals surface area (Å²) in [6.07, 6.45) is 1.68. The Morgan fingerprint density at radius 3 is 2.29 bits per heavy atom. The van der Waals surface area contributed by atoms with Gasteiger partial charge in [-0.2, -0.15) is 0 Å². The molecule has 0 saturated carbocycles. The number of methoxy groups -OCH3 is 1. The van der Waals surface area contributed by atoms with E-state index in [1.165, 1.54) is 12.0 Å². The Balaban J connectivity index is 1.80. The number of amides is 1. The van der Waals surface area contributed by atoms with Crippen LogP contribution in [0.1, 0.15) is 41.2 Å². The van der Waals surface area contributed by atoms with Crippen LogP contribution >= 0.6 is 23.2 Å². The van der Waals surface area contributed by atoms with E-state index < -0.39 is 17.8 Å². The highest BCUT2D eigenvalue weighted by Crippen LogP contribution is 2.37. The maximum absolute atomic E-state index is 13.7. The van der Waals surface area contributed by atoms with Gasteiger partial charge in [-0.25, -0.2) is 9.59 Å². The second-order valence-electron chi connectivity index (χ2n) is 8.68. The number of carbonyl (C=O) groups excluding carboxylic acids is 3. The number of allylic oxidation sites excluding steroid dienone is 1. The van der Waals surface area contributed by atoms with E-state index in [1.54, 1.807) is 62.4 Å². The lowest BCUT2D eigenvalue weighted by atomic mass is 10.0. The summed E-state index contributed by atoms with van der Waals surface area (Å²) < 4.78 is 12.0. The molecule has 1 amide bonds.